The standard InChI is InChI=1S/C58H77BN2S/c1-15-39(5)50-34-53(51(31-43(50)16-2)44-22-18-17-19-23-44)60-36-46-37-61(47(24-20-21-38(3)4)29-30-57(9,10)11)55-52-32-45(58(12,13)14)27-28-54(52)62-56(55)59(46)35-48(60)33-49-41(7)26-25-40(6)42(49)8/h17-18,20-22,24,27-33,35-36,38-41,53H,8,15-16,19,23,25-26,34,37H2,1-7,9-14H3/b21-20+,30-29+,47-24+,49-33-. The van der Waals surface area contributed by atoms with Gasteiger partial charge in [-0.1, -0.05) is 162 Å². The lowest BCUT2D eigenvalue weighted by Crippen LogP contribution is -2.49. The molecule has 4 unspecified atom stereocenters. The van der Waals surface area contributed by atoms with Crippen LogP contribution in [0.1, 0.15) is 141 Å². The molecule has 0 saturated heterocycles. The average molecular weight is 845 g/mol. The number of fused-ring (bicyclic) bond motifs is 5. The Morgan fingerprint density at radius 2 is 1.79 bits per heavy atom. The third-order valence-electron chi connectivity index (χ3n) is 14.3. The fourth-order valence-corrected chi connectivity index (χ4v) is 11.4. The van der Waals surface area contributed by atoms with E-state index in [1.165, 1.54) is 78.1 Å². The van der Waals surface area contributed by atoms with Crippen LogP contribution in [0.15, 0.2) is 148 Å². The summed E-state index contributed by atoms with van der Waals surface area (Å²) < 4.78 is 2.83. The second-order valence-corrected chi connectivity index (χ2v) is 22.7. The van der Waals surface area contributed by atoms with Gasteiger partial charge < -0.3 is 9.80 Å². The van der Waals surface area contributed by atoms with Gasteiger partial charge in [-0.2, -0.15) is 0 Å². The highest BCUT2D eigenvalue weighted by molar-refractivity contribution is 7.31. The van der Waals surface area contributed by atoms with E-state index in [4.69, 9.17) is 6.58 Å². The summed E-state index contributed by atoms with van der Waals surface area (Å²) in [5.41, 5.74) is 15.9. The Kier molecular flexibility index (Phi) is 13.8. The van der Waals surface area contributed by atoms with Crippen molar-refractivity contribution in [3.05, 3.63) is 154 Å². The summed E-state index contributed by atoms with van der Waals surface area (Å²) in [6, 6.07) is 7.50. The van der Waals surface area contributed by atoms with Crippen molar-refractivity contribution in [2.24, 2.45) is 29.1 Å². The number of hydrogen-bond donors (Lipinski definition) is 0. The summed E-state index contributed by atoms with van der Waals surface area (Å²) in [6.45, 7) is 36.3. The zero-order valence-corrected chi connectivity index (χ0v) is 41.6. The maximum absolute atomic E-state index is 4.77. The number of rotatable bonds is 10. The van der Waals surface area contributed by atoms with Gasteiger partial charge in [-0.15, -0.1) is 11.3 Å². The van der Waals surface area contributed by atoms with Crippen LogP contribution in [0, 0.1) is 29.1 Å². The quantitative estimate of drug-likeness (QED) is 0.174. The number of thiophene rings is 1. The van der Waals surface area contributed by atoms with Gasteiger partial charge in [-0.25, -0.2) is 0 Å². The minimum Gasteiger partial charge on any atom is -0.342 e. The molecular weight excluding hydrogens is 768 g/mol. The molecule has 1 aromatic carbocycles. The number of nitrogens with zero attached hydrogens (tertiary/aromatic N) is 2. The van der Waals surface area contributed by atoms with Crippen LogP contribution in [0.4, 0.5) is 5.69 Å². The Morgan fingerprint density at radius 1 is 1.03 bits per heavy atom. The van der Waals surface area contributed by atoms with Crippen LogP contribution in [0.25, 0.3) is 10.1 Å². The fraction of sp³-hybridized carbons (Fsp3) is 0.483. The molecule has 0 radical (unpaired) electrons. The van der Waals surface area contributed by atoms with Crippen LogP contribution in [-0.4, -0.2) is 24.2 Å². The third-order valence-corrected chi connectivity index (χ3v) is 15.5. The maximum atomic E-state index is 4.77. The minimum atomic E-state index is 0.0484. The van der Waals surface area contributed by atoms with E-state index in [9.17, 15) is 0 Å². The molecule has 2 aromatic rings. The number of hydrogen-bond acceptors (Lipinski definition) is 3. The predicted octanol–water partition coefficient (Wildman–Crippen LogP) is 15.9. The van der Waals surface area contributed by atoms with Gasteiger partial charge in [0.15, 0.2) is 0 Å². The second kappa shape index (κ2) is 18.6. The highest BCUT2D eigenvalue weighted by atomic mass is 32.1. The molecule has 1 aromatic heterocycles. The maximum Gasteiger partial charge on any atom is 0.251 e. The second-order valence-electron chi connectivity index (χ2n) is 21.7. The van der Waals surface area contributed by atoms with Crippen LogP contribution < -0.4 is 9.68 Å². The van der Waals surface area contributed by atoms with E-state index in [1.54, 1.807) is 11.1 Å². The van der Waals surface area contributed by atoms with Crippen molar-refractivity contribution in [3.63, 3.8) is 0 Å². The molecule has 2 aliphatic heterocycles. The Labute approximate surface area is 382 Å². The van der Waals surface area contributed by atoms with E-state index in [0.717, 1.165) is 38.6 Å². The molecule has 0 spiro atoms. The van der Waals surface area contributed by atoms with Crippen LogP contribution in [0.3, 0.4) is 0 Å². The summed E-state index contributed by atoms with van der Waals surface area (Å²) in [6.07, 6.45) is 34.6. The highest BCUT2D eigenvalue weighted by Gasteiger charge is 2.41. The lowest BCUT2D eigenvalue weighted by atomic mass is 9.40. The number of allylic oxidation sites excluding steroid dienone is 13. The van der Waals surface area contributed by atoms with Crippen molar-refractivity contribution in [2.45, 2.75) is 146 Å². The van der Waals surface area contributed by atoms with Crippen LogP contribution in [0.5, 0.6) is 0 Å². The van der Waals surface area contributed by atoms with Gasteiger partial charge in [0.05, 0.1) is 11.7 Å². The topological polar surface area (TPSA) is 6.48 Å². The molecular formula is C58H77BN2S. The van der Waals surface area contributed by atoms with Gasteiger partial charge in [-0.3, -0.25) is 0 Å². The van der Waals surface area contributed by atoms with Crippen LogP contribution in [-0.2, 0) is 5.41 Å². The van der Waals surface area contributed by atoms with Gasteiger partial charge in [0, 0.05) is 32.8 Å². The van der Waals surface area contributed by atoms with Crippen molar-refractivity contribution in [1.82, 2.24) is 4.90 Å². The molecule has 2 nitrogen and oxygen atoms in total. The molecule has 1 saturated carbocycles. The number of anilines is 1. The van der Waals surface area contributed by atoms with Crippen molar-refractivity contribution in [2.75, 3.05) is 11.4 Å². The molecule has 5 aliphatic rings. The molecule has 3 heterocycles. The summed E-state index contributed by atoms with van der Waals surface area (Å²) in [5.74, 6) is 4.69. The number of benzene rings is 1. The molecule has 328 valence electrons. The zero-order chi connectivity index (χ0) is 44.7. The summed E-state index contributed by atoms with van der Waals surface area (Å²) in [7, 11) is 0. The molecule has 4 atom stereocenters. The molecule has 7 rings (SSSR count). The lowest BCUT2D eigenvalue weighted by Gasteiger charge is -2.44. The van der Waals surface area contributed by atoms with Crippen LogP contribution >= 0.6 is 11.3 Å². The average Bonchev–Trinajstić information content (AvgIpc) is 3.63. The lowest BCUT2D eigenvalue weighted by molar-refractivity contribution is 0.365. The van der Waals surface area contributed by atoms with Crippen molar-refractivity contribution in [3.8, 4) is 0 Å². The Bertz CT molecular complexity index is 2360. The molecule has 4 heteroatoms. The zero-order valence-electron chi connectivity index (χ0n) is 40.8. The first-order chi connectivity index (χ1) is 29.4. The molecule has 62 heavy (non-hydrogen) atoms. The van der Waals surface area contributed by atoms with Gasteiger partial charge in [-0.05, 0) is 149 Å². The van der Waals surface area contributed by atoms with Gasteiger partial charge in [0.25, 0.3) is 6.71 Å². The van der Waals surface area contributed by atoms with E-state index in [0.29, 0.717) is 23.7 Å². The molecule has 1 fully saturated rings. The Balaban J connectivity index is 1.49. The molecule has 0 amide bonds. The Hall–Kier alpha value is -4.02. The first-order valence-corrected chi connectivity index (χ1v) is 25.0. The van der Waals surface area contributed by atoms with Crippen LogP contribution in [0.2, 0.25) is 0 Å². The first kappa shape index (κ1) is 46.0. The van der Waals surface area contributed by atoms with E-state index in [2.05, 4.69) is 191 Å². The van der Waals surface area contributed by atoms with Crippen molar-refractivity contribution < 1.29 is 0 Å². The van der Waals surface area contributed by atoms with E-state index < -0.39 is 0 Å². The van der Waals surface area contributed by atoms with Gasteiger partial charge in [0.2, 0.25) is 0 Å². The summed E-state index contributed by atoms with van der Waals surface area (Å²) in [5, 5.41) is 1.38. The Morgan fingerprint density at radius 3 is 2.45 bits per heavy atom. The van der Waals surface area contributed by atoms with Gasteiger partial charge in [0.1, 0.15) is 0 Å². The normalized spacial score (nSPS) is 24.1. The highest BCUT2D eigenvalue weighted by Crippen LogP contribution is 2.46. The largest absolute Gasteiger partial charge is 0.342 e. The SMILES string of the molecule is C=C1/C(=C\C2=CB3C(=CN2C2CC(C(C)CC)=C(CC)C=C2C2=CC=CCC2)CN(C(/C=C/C(C)(C)C)=C/C=C/C(C)C)c2c3sc3ccc(C(C)(C)C)cc23)C(C)CCC1C. The van der Waals surface area contributed by atoms with E-state index >= 15 is 0 Å². The predicted molar refractivity (Wildman–Crippen MR) is 276 cm³/mol. The molecule has 0 N–H and O–H groups in total. The summed E-state index contributed by atoms with van der Waals surface area (Å²) >= 11 is 2.01. The van der Waals surface area contributed by atoms with Crippen molar-refractivity contribution in [1.29, 1.82) is 0 Å². The first-order valence-electron chi connectivity index (χ1n) is 24.2. The van der Waals surface area contributed by atoms with E-state index in [-0.39, 0.29) is 23.6 Å². The summed E-state index contributed by atoms with van der Waals surface area (Å²) in [4.78, 5) is 5.42. The van der Waals surface area contributed by atoms with E-state index in [1.807, 2.05) is 11.3 Å². The third kappa shape index (κ3) is 9.72. The fourth-order valence-electron chi connectivity index (χ4n) is 10.1. The smallest absolute Gasteiger partial charge is 0.251 e. The van der Waals surface area contributed by atoms with Gasteiger partial charge >= 0.3 is 0 Å². The minimum absolute atomic E-state index is 0.0484. The molecule has 0 bridgehead atoms. The van der Waals surface area contributed by atoms with Crippen molar-refractivity contribution >= 4 is 38.6 Å². The molecule has 3 aliphatic carbocycles. The monoisotopic (exact) mass is 845 g/mol.